The van der Waals surface area contributed by atoms with Gasteiger partial charge >= 0.3 is 5.97 Å². The number of rotatable bonds is 6. The maximum absolute atomic E-state index is 11.8. The summed E-state index contributed by atoms with van der Waals surface area (Å²) in [5.41, 5.74) is 2.17. The maximum atomic E-state index is 11.8. The summed E-state index contributed by atoms with van der Waals surface area (Å²) < 4.78 is 10.8. The molecule has 0 atom stereocenters. The Morgan fingerprint density at radius 1 is 1.25 bits per heavy atom. The van der Waals surface area contributed by atoms with E-state index in [0.29, 0.717) is 11.6 Å². The van der Waals surface area contributed by atoms with Crippen LogP contribution in [0.15, 0.2) is 32.1 Å². The molecular formula is C16H17BrN2O4S. The van der Waals surface area contributed by atoms with Gasteiger partial charge in [0.2, 0.25) is 0 Å². The fourth-order valence-corrected chi connectivity index (χ4v) is 3.20. The van der Waals surface area contributed by atoms with E-state index in [0.717, 1.165) is 20.5 Å². The fraction of sp³-hybridized carbons (Fsp3) is 0.312. The van der Waals surface area contributed by atoms with Crippen molar-refractivity contribution in [1.82, 2.24) is 5.16 Å². The molecule has 2 aromatic rings. The van der Waals surface area contributed by atoms with Crippen LogP contribution in [0.2, 0.25) is 0 Å². The molecule has 1 aromatic heterocycles. The van der Waals surface area contributed by atoms with Crippen molar-refractivity contribution in [3.63, 3.8) is 0 Å². The van der Waals surface area contributed by atoms with Crippen molar-refractivity contribution < 1.29 is 18.8 Å². The van der Waals surface area contributed by atoms with Crippen molar-refractivity contribution in [2.45, 2.75) is 25.7 Å². The van der Waals surface area contributed by atoms with Gasteiger partial charge in [0.1, 0.15) is 5.76 Å². The zero-order valence-corrected chi connectivity index (χ0v) is 15.9. The van der Waals surface area contributed by atoms with Gasteiger partial charge in [-0.25, -0.2) is 0 Å². The van der Waals surface area contributed by atoms with Crippen molar-refractivity contribution in [3.8, 4) is 0 Å². The summed E-state index contributed by atoms with van der Waals surface area (Å²) in [7, 11) is 0. The van der Waals surface area contributed by atoms with E-state index in [4.69, 9.17) is 9.26 Å². The first-order valence-corrected chi connectivity index (χ1v) is 8.91. The van der Waals surface area contributed by atoms with Gasteiger partial charge in [0.15, 0.2) is 12.4 Å². The molecule has 128 valence electrons. The van der Waals surface area contributed by atoms with Crippen molar-refractivity contribution in [1.29, 1.82) is 0 Å². The third kappa shape index (κ3) is 5.38. The second-order valence-corrected chi connectivity index (χ2v) is 7.06. The van der Waals surface area contributed by atoms with Gasteiger partial charge in [0, 0.05) is 15.4 Å². The van der Waals surface area contributed by atoms with Gasteiger partial charge in [-0.1, -0.05) is 21.1 Å². The number of aryl methyl sites for hydroxylation is 3. The summed E-state index contributed by atoms with van der Waals surface area (Å²) >= 11 is 4.86. The van der Waals surface area contributed by atoms with Crippen LogP contribution in [0.1, 0.15) is 16.9 Å². The Hall–Kier alpha value is -1.80. The molecule has 0 fully saturated rings. The van der Waals surface area contributed by atoms with E-state index < -0.39 is 11.9 Å². The third-order valence-corrected chi connectivity index (χ3v) is 5.05. The number of benzene rings is 1. The Labute approximate surface area is 152 Å². The summed E-state index contributed by atoms with van der Waals surface area (Å²) in [6.45, 7) is 5.32. The van der Waals surface area contributed by atoms with Gasteiger partial charge < -0.3 is 14.6 Å². The first-order valence-electron chi connectivity index (χ1n) is 7.13. The van der Waals surface area contributed by atoms with Crippen molar-refractivity contribution in [3.05, 3.63) is 39.6 Å². The number of aromatic nitrogens is 1. The lowest BCUT2D eigenvalue weighted by molar-refractivity contribution is -0.144. The van der Waals surface area contributed by atoms with E-state index in [-0.39, 0.29) is 12.4 Å². The molecule has 2 rings (SSSR count). The fourth-order valence-electron chi connectivity index (χ4n) is 1.84. The average molecular weight is 413 g/mol. The molecule has 8 heteroatoms. The highest BCUT2D eigenvalue weighted by molar-refractivity contribution is 9.10. The largest absolute Gasteiger partial charge is 0.455 e. The Morgan fingerprint density at radius 2 is 2.00 bits per heavy atom. The molecule has 0 saturated carbocycles. The van der Waals surface area contributed by atoms with Gasteiger partial charge in [0.05, 0.1) is 5.75 Å². The average Bonchev–Trinajstić information content (AvgIpc) is 2.92. The summed E-state index contributed by atoms with van der Waals surface area (Å²) in [6, 6.07) is 5.60. The highest BCUT2D eigenvalue weighted by atomic mass is 79.9. The van der Waals surface area contributed by atoms with Crippen LogP contribution in [0.5, 0.6) is 0 Å². The van der Waals surface area contributed by atoms with Crippen LogP contribution in [0.3, 0.4) is 0 Å². The zero-order valence-electron chi connectivity index (χ0n) is 13.5. The van der Waals surface area contributed by atoms with Crippen molar-refractivity contribution in [2.24, 2.45) is 0 Å². The van der Waals surface area contributed by atoms with E-state index >= 15 is 0 Å². The minimum Gasteiger partial charge on any atom is -0.455 e. The van der Waals surface area contributed by atoms with Gasteiger partial charge in [-0.3, -0.25) is 9.59 Å². The Kier molecular flexibility index (Phi) is 6.44. The predicted octanol–water partition coefficient (Wildman–Crippen LogP) is 3.64. The molecule has 0 spiro atoms. The summed E-state index contributed by atoms with van der Waals surface area (Å²) in [5.74, 6) is 0.102. The number of nitrogens with zero attached hydrogens (tertiary/aromatic N) is 1. The minimum atomic E-state index is -0.461. The molecule has 0 aliphatic rings. The van der Waals surface area contributed by atoms with E-state index in [1.807, 2.05) is 26.0 Å². The lowest BCUT2D eigenvalue weighted by atomic mass is 10.2. The molecule has 0 aliphatic carbocycles. The van der Waals surface area contributed by atoms with Gasteiger partial charge in [-0.2, -0.15) is 0 Å². The van der Waals surface area contributed by atoms with E-state index in [1.165, 1.54) is 11.8 Å². The van der Waals surface area contributed by atoms with E-state index in [9.17, 15) is 9.59 Å². The topological polar surface area (TPSA) is 81.4 Å². The molecule has 1 N–H and O–H groups in total. The molecule has 0 saturated heterocycles. The van der Waals surface area contributed by atoms with Crippen LogP contribution in [-0.4, -0.2) is 29.4 Å². The number of thioether (sulfide) groups is 1. The Balaban J connectivity index is 1.77. The smallest absolute Gasteiger partial charge is 0.316 e. The van der Waals surface area contributed by atoms with Gasteiger partial charge in [-0.05, 0) is 44.0 Å². The maximum Gasteiger partial charge on any atom is 0.316 e. The van der Waals surface area contributed by atoms with Crippen LogP contribution in [0.4, 0.5) is 5.82 Å². The lowest BCUT2D eigenvalue weighted by Gasteiger charge is -2.08. The van der Waals surface area contributed by atoms with Crippen molar-refractivity contribution >= 4 is 45.4 Å². The number of ether oxygens (including phenoxy) is 1. The number of hydrogen-bond donors (Lipinski definition) is 1. The summed E-state index contributed by atoms with van der Waals surface area (Å²) in [5, 5.41) is 6.11. The number of halogens is 1. The molecule has 1 amide bonds. The highest BCUT2D eigenvalue weighted by Gasteiger charge is 2.11. The molecule has 0 radical (unpaired) electrons. The number of amides is 1. The van der Waals surface area contributed by atoms with Crippen LogP contribution in [0.25, 0.3) is 0 Å². The number of anilines is 1. The Bertz CT molecular complexity index is 761. The van der Waals surface area contributed by atoms with Crippen LogP contribution < -0.4 is 5.32 Å². The highest BCUT2D eigenvalue weighted by Crippen LogP contribution is 2.28. The number of hydrogen-bond acceptors (Lipinski definition) is 6. The second kappa shape index (κ2) is 8.34. The molecule has 1 heterocycles. The Morgan fingerprint density at radius 3 is 2.67 bits per heavy atom. The van der Waals surface area contributed by atoms with Gasteiger partial charge in [0.25, 0.3) is 5.91 Å². The molecule has 24 heavy (non-hydrogen) atoms. The standard InChI is InChI=1S/C16H17BrN2O4S/c1-9-5-13(10(2)4-12(9)17)24-8-16(21)22-7-15(20)18-14-6-11(3)23-19-14/h4-6H,7-8H2,1-3H3,(H,18,19,20). The molecule has 0 aliphatic heterocycles. The van der Waals surface area contributed by atoms with Crippen LogP contribution in [-0.2, 0) is 14.3 Å². The minimum absolute atomic E-state index is 0.137. The quantitative estimate of drug-likeness (QED) is 0.575. The molecule has 0 bridgehead atoms. The number of nitrogens with one attached hydrogen (secondary N) is 1. The van der Waals surface area contributed by atoms with E-state index in [2.05, 4.69) is 26.4 Å². The monoisotopic (exact) mass is 412 g/mol. The van der Waals surface area contributed by atoms with E-state index in [1.54, 1.807) is 13.0 Å². The van der Waals surface area contributed by atoms with Crippen molar-refractivity contribution in [2.75, 3.05) is 17.7 Å². The van der Waals surface area contributed by atoms with Crippen LogP contribution in [0, 0.1) is 20.8 Å². The van der Waals surface area contributed by atoms with Crippen LogP contribution >= 0.6 is 27.7 Å². The molecule has 0 unspecified atom stereocenters. The predicted molar refractivity (Wildman–Crippen MR) is 95.2 cm³/mol. The third-order valence-electron chi connectivity index (χ3n) is 3.06. The lowest BCUT2D eigenvalue weighted by Crippen LogP contribution is -2.21. The second-order valence-electron chi connectivity index (χ2n) is 5.19. The summed E-state index contributed by atoms with van der Waals surface area (Å²) in [6.07, 6.45) is 0. The molecular weight excluding hydrogens is 396 g/mol. The number of esters is 1. The zero-order chi connectivity index (χ0) is 17.7. The SMILES string of the molecule is Cc1cc(NC(=O)COC(=O)CSc2cc(C)c(Br)cc2C)no1. The first-order chi connectivity index (χ1) is 11.3. The number of carbonyl (C=O) groups is 2. The normalized spacial score (nSPS) is 10.5. The molecule has 1 aromatic carbocycles. The number of carbonyl (C=O) groups excluding carboxylic acids is 2. The first kappa shape index (κ1) is 18.5. The van der Waals surface area contributed by atoms with Gasteiger partial charge in [-0.15, -0.1) is 11.8 Å². The summed E-state index contributed by atoms with van der Waals surface area (Å²) in [4.78, 5) is 24.4. The molecule has 6 nitrogen and oxygen atoms in total.